The number of hydrogen-bond acceptors (Lipinski definition) is 3. The molecule has 16 heavy (non-hydrogen) atoms. The number of hydrogen-bond donors (Lipinski definition) is 1. The zero-order valence-corrected chi connectivity index (χ0v) is 10.7. The van der Waals surface area contributed by atoms with Crippen molar-refractivity contribution in [3.63, 3.8) is 0 Å². The molecule has 2 rings (SSSR count). The molecule has 1 saturated carbocycles. The molecule has 2 fully saturated rings. The molecular weight excluding hydrogens is 204 g/mol. The van der Waals surface area contributed by atoms with Gasteiger partial charge in [-0.15, -0.1) is 0 Å². The molecule has 1 amide bonds. The second-order valence-corrected chi connectivity index (χ2v) is 6.12. The Hall–Kier alpha value is -0.770. The molecular formula is C12H22N2O2. The van der Waals surface area contributed by atoms with Crippen LogP contribution in [0.25, 0.3) is 0 Å². The van der Waals surface area contributed by atoms with Gasteiger partial charge >= 0.3 is 6.09 Å². The first kappa shape index (κ1) is 11.7. The smallest absolute Gasteiger partial charge is 0.410 e. The van der Waals surface area contributed by atoms with E-state index in [-0.39, 0.29) is 17.7 Å². The van der Waals surface area contributed by atoms with Crippen LogP contribution in [0.3, 0.4) is 0 Å². The Morgan fingerprint density at radius 2 is 2.06 bits per heavy atom. The van der Waals surface area contributed by atoms with E-state index in [0.29, 0.717) is 0 Å². The third kappa shape index (κ3) is 2.48. The first-order valence-electron chi connectivity index (χ1n) is 6.06. The van der Waals surface area contributed by atoms with Gasteiger partial charge in [0.25, 0.3) is 0 Å². The minimum absolute atomic E-state index is 0.173. The van der Waals surface area contributed by atoms with Gasteiger partial charge < -0.3 is 15.0 Å². The Morgan fingerprint density at radius 3 is 2.56 bits per heavy atom. The molecule has 0 aromatic rings. The molecule has 4 heteroatoms. The summed E-state index contributed by atoms with van der Waals surface area (Å²) in [5.41, 5.74) is -0.193. The van der Waals surface area contributed by atoms with Crippen molar-refractivity contribution in [2.75, 3.05) is 13.1 Å². The van der Waals surface area contributed by atoms with Gasteiger partial charge in [0.05, 0.1) is 0 Å². The zero-order valence-electron chi connectivity index (χ0n) is 10.7. The molecule has 1 saturated heterocycles. The van der Waals surface area contributed by atoms with Gasteiger partial charge in [-0.3, -0.25) is 0 Å². The lowest BCUT2D eigenvalue weighted by molar-refractivity contribution is 0.00811. The van der Waals surface area contributed by atoms with Gasteiger partial charge in [-0.2, -0.15) is 0 Å². The monoisotopic (exact) mass is 226 g/mol. The van der Waals surface area contributed by atoms with Gasteiger partial charge in [0.2, 0.25) is 0 Å². The van der Waals surface area contributed by atoms with E-state index in [0.717, 1.165) is 13.1 Å². The first-order chi connectivity index (χ1) is 7.31. The van der Waals surface area contributed by atoms with Crippen molar-refractivity contribution in [3.05, 3.63) is 0 Å². The molecule has 92 valence electrons. The van der Waals surface area contributed by atoms with Gasteiger partial charge in [-0.05, 0) is 40.5 Å². The summed E-state index contributed by atoms with van der Waals surface area (Å²) >= 11 is 0. The van der Waals surface area contributed by atoms with Gasteiger partial charge in [0.1, 0.15) is 5.60 Å². The SMILES string of the molecule is C[C@@H]1CNC2(CC2)CN1C(=O)OC(C)(C)C. The summed E-state index contributed by atoms with van der Waals surface area (Å²) in [5.74, 6) is 0. The highest BCUT2D eigenvalue weighted by atomic mass is 16.6. The van der Waals surface area contributed by atoms with Crippen LogP contribution in [0, 0.1) is 0 Å². The van der Waals surface area contributed by atoms with Crippen LogP contribution >= 0.6 is 0 Å². The van der Waals surface area contributed by atoms with Crippen molar-refractivity contribution in [1.82, 2.24) is 10.2 Å². The maximum Gasteiger partial charge on any atom is 0.410 e. The molecule has 2 aliphatic rings. The van der Waals surface area contributed by atoms with Crippen molar-refractivity contribution in [2.24, 2.45) is 0 Å². The fourth-order valence-corrected chi connectivity index (χ4v) is 2.06. The van der Waals surface area contributed by atoms with Crippen molar-refractivity contribution < 1.29 is 9.53 Å². The molecule has 0 unspecified atom stereocenters. The van der Waals surface area contributed by atoms with Crippen molar-refractivity contribution in [2.45, 2.75) is 57.7 Å². The Kier molecular flexibility index (Phi) is 2.65. The Labute approximate surface area is 97.3 Å². The van der Waals surface area contributed by atoms with E-state index in [1.165, 1.54) is 12.8 Å². The van der Waals surface area contributed by atoms with Crippen molar-refractivity contribution in [1.29, 1.82) is 0 Å². The zero-order chi connectivity index (χ0) is 12.0. The van der Waals surface area contributed by atoms with Crippen molar-refractivity contribution in [3.8, 4) is 0 Å². The normalized spacial score (nSPS) is 28.0. The number of ether oxygens (including phenoxy) is 1. The molecule has 0 aromatic heterocycles. The second kappa shape index (κ2) is 3.62. The molecule has 1 aliphatic carbocycles. The van der Waals surface area contributed by atoms with Crippen LogP contribution < -0.4 is 5.32 Å². The van der Waals surface area contributed by atoms with Crippen LogP contribution in [-0.2, 0) is 4.74 Å². The Bertz CT molecular complexity index is 292. The molecule has 0 aromatic carbocycles. The Morgan fingerprint density at radius 1 is 1.44 bits per heavy atom. The summed E-state index contributed by atoms with van der Waals surface area (Å²) in [4.78, 5) is 13.9. The summed E-state index contributed by atoms with van der Waals surface area (Å²) in [6.45, 7) is 9.45. The summed E-state index contributed by atoms with van der Waals surface area (Å²) in [5, 5.41) is 3.52. The highest BCUT2D eigenvalue weighted by Crippen LogP contribution is 2.38. The van der Waals surface area contributed by atoms with Gasteiger partial charge in [0, 0.05) is 24.7 Å². The topological polar surface area (TPSA) is 41.6 Å². The molecule has 0 radical (unpaired) electrons. The number of nitrogens with zero attached hydrogens (tertiary/aromatic N) is 1. The maximum absolute atomic E-state index is 12.0. The number of carbonyl (C=O) groups excluding carboxylic acids is 1. The quantitative estimate of drug-likeness (QED) is 0.684. The van der Waals surface area contributed by atoms with Crippen LogP contribution in [0.5, 0.6) is 0 Å². The number of amides is 1. The Balaban J connectivity index is 1.98. The molecule has 1 N–H and O–H groups in total. The number of nitrogens with one attached hydrogen (secondary N) is 1. The lowest BCUT2D eigenvalue weighted by Gasteiger charge is -2.39. The van der Waals surface area contributed by atoms with E-state index in [4.69, 9.17) is 4.74 Å². The molecule has 1 spiro atoms. The summed E-state index contributed by atoms with van der Waals surface area (Å²) in [6, 6.07) is 0.223. The van der Waals surface area contributed by atoms with E-state index in [2.05, 4.69) is 12.2 Å². The summed E-state index contributed by atoms with van der Waals surface area (Å²) in [6.07, 6.45) is 2.19. The highest BCUT2D eigenvalue weighted by Gasteiger charge is 2.48. The van der Waals surface area contributed by atoms with Gasteiger partial charge in [-0.1, -0.05) is 0 Å². The number of rotatable bonds is 0. The predicted molar refractivity (Wildman–Crippen MR) is 62.4 cm³/mol. The largest absolute Gasteiger partial charge is 0.444 e. The number of piperazine rings is 1. The van der Waals surface area contributed by atoms with Crippen LogP contribution in [0.4, 0.5) is 4.79 Å². The van der Waals surface area contributed by atoms with Crippen molar-refractivity contribution >= 4 is 6.09 Å². The van der Waals surface area contributed by atoms with Gasteiger partial charge in [0.15, 0.2) is 0 Å². The van der Waals surface area contributed by atoms with Crippen LogP contribution in [0.2, 0.25) is 0 Å². The average Bonchev–Trinajstić information content (AvgIpc) is 2.87. The fourth-order valence-electron chi connectivity index (χ4n) is 2.06. The molecule has 4 nitrogen and oxygen atoms in total. The first-order valence-corrected chi connectivity index (χ1v) is 6.06. The third-order valence-electron chi connectivity index (χ3n) is 3.26. The standard InChI is InChI=1S/C12H22N2O2/c1-9-7-13-12(5-6-12)8-14(9)10(15)16-11(2,3)4/h9,13H,5-8H2,1-4H3/t9-/m1/s1. The minimum atomic E-state index is -0.404. The summed E-state index contributed by atoms with van der Waals surface area (Å²) in [7, 11) is 0. The fraction of sp³-hybridized carbons (Fsp3) is 0.917. The van der Waals surface area contributed by atoms with Crippen LogP contribution in [-0.4, -0.2) is 41.3 Å². The summed E-state index contributed by atoms with van der Waals surface area (Å²) < 4.78 is 5.43. The number of carbonyl (C=O) groups is 1. The minimum Gasteiger partial charge on any atom is -0.444 e. The predicted octanol–water partition coefficient (Wildman–Crippen LogP) is 1.75. The average molecular weight is 226 g/mol. The molecule has 1 aliphatic heterocycles. The van der Waals surface area contributed by atoms with E-state index >= 15 is 0 Å². The van der Waals surface area contributed by atoms with Crippen LogP contribution in [0.15, 0.2) is 0 Å². The van der Waals surface area contributed by atoms with E-state index in [1.807, 2.05) is 25.7 Å². The second-order valence-electron chi connectivity index (χ2n) is 6.12. The van der Waals surface area contributed by atoms with Gasteiger partial charge in [-0.25, -0.2) is 4.79 Å². The highest BCUT2D eigenvalue weighted by molar-refractivity contribution is 5.69. The third-order valence-corrected chi connectivity index (χ3v) is 3.26. The van der Waals surface area contributed by atoms with E-state index in [1.54, 1.807) is 0 Å². The van der Waals surface area contributed by atoms with Crippen LogP contribution in [0.1, 0.15) is 40.5 Å². The lowest BCUT2D eigenvalue weighted by Crippen LogP contribution is -2.59. The molecule has 1 heterocycles. The molecule has 0 bridgehead atoms. The van der Waals surface area contributed by atoms with E-state index < -0.39 is 5.60 Å². The molecule has 1 atom stereocenters. The maximum atomic E-state index is 12.0. The van der Waals surface area contributed by atoms with E-state index in [9.17, 15) is 4.79 Å². The lowest BCUT2D eigenvalue weighted by atomic mass is 10.1.